The van der Waals surface area contributed by atoms with Crippen molar-refractivity contribution < 1.29 is 0 Å². The molecule has 1 aromatic carbocycles. The highest BCUT2D eigenvalue weighted by Crippen LogP contribution is 2.31. The lowest BCUT2D eigenvalue weighted by atomic mass is 9.90. The lowest BCUT2D eigenvalue weighted by molar-refractivity contribution is 0.0764. The van der Waals surface area contributed by atoms with Gasteiger partial charge in [0.25, 0.3) is 0 Å². The summed E-state index contributed by atoms with van der Waals surface area (Å²) < 4.78 is 0. The lowest BCUT2D eigenvalue weighted by Gasteiger charge is -2.46. The number of likely N-dealkylation sites (tertiary alicyclic amines) is 1. The molecule has 1 fully saturated rings. The zero-order valence-electron chi connectivity index (χ0n) is 8.26. The van der Waals surface area contributed by atoms with Crippen LogP contribution in [0.3, 0.4) is 0 Å². The summed E-state index contributed by atoms with van der Waals surface area (Å²) in [6.07, 6.45) is 1.93. The number of rotatable bonds is 3. The van der Waals surface area contributed by atoms with Crippen LogP contribution < -0.4 is 5.73 Å². The van der Waals surface area contributed by atoms with Crippen LogP contribution in [-0.4, -0.2) is 24.0 Å². The van der Waals surface area contributed by atoms with Crippen molar-refractivity contribution in [3.63, 3.8) is 0 Å². The maximum Gasteiger partial charge on any atom is 0.0515 e. The van der Waals surface area contributed by atoms with E-state index in [2.05, 4.69) is 35.7 Å². The molecule has 0 aromatic heterocycles. The van der Waals surface area contributed by atoms with Crippen LogP contribution >= 0.6 is 0 Å². The minimum absolute atomic E-state index is 0.275. The van der Waals surface area contributed by atoms with Crippen molar-refractivity contribution >= 4 is 0 Å². The van der Waals surface area contributed by atoms with Crippen molar-refractivity contribution in [2.24, 2.45) is 5.73 Å². The van der Waals surface area contributed by atoms with Crippen LogP contribution in [-0.2, 0) is 0 Å². The predicted molar refractivity (Wildman–Crippen MR) is 58.9 cm³/mol. The number of nitrogens with two attached hydrogens (primary N) is 1. The van der Waals surface area contributed by atoms with Gasteiger partial charge in [0, 0.05) is 19.1 Å². The van der Waals surface area contributed by atoms with Gasteiger partial charge >= 0.3 is 0 Å². The third-order valence-electron chi connectivity index (χ3n) is 2.75. The molecule has 1 aliphatic heterocycles. The van der Waals surface area contributed by atoms with Gasteiger partial charge < -0.3 is 5.73 Å². The average Bonchev–Trinajstić information content (AvgIpc) is 2.19. The second-order valence-corrected chi connectivity index (χ2v) is 3.76. The molecule has 2 rings (SSSR count). The van der Waals surface area contributed by atoms with Crippen LogP contribution in [0.4, 0.5) is 0 Å². The minimum atomic E-state index is 0.275. The topological polar surface area (TPSA) is 29.3 Å². The third-order valence-corrected chi connectivity index (χ3v) is 2.75. The van der Waals surface area contributed by atoms with Gasteiger partial charge in [0.2, 0.25) is 0 Å². The van der Waals surface area contributed by atoms with E-state index in [0.717, 1.165) is 13.1 Å². The van der Waals surface area contributed by atoms with E-state index < -0.39 is 0 Å². The fraction of sp³-hybridized carbons (Fsp3) is 0.333. The van der Waals surface area contributed by atoms with Gasteiger partial charge in [-0.15, -0.1) is 6.58 Å². The summed E-state index contributed by atoms with van der Waals surface area (Å²) in [7, 11) is 0. The fourth-order valence-electron chi connectivity index (χ4n) is 2.08. The number of hydrogen-bond donors (Lipinski definition) is 1. The predicted octanol–water partition coefficient (Wildman–Crippen LogP) is 1.56. The van der Waals surface area contributed by atoms with Crippen molar-refractivity contribution in [3.8, 4) is 0 Å². The monoisotopic (exact) mass is 188 g/mol. The van der Waals surface area contributed by atoms with E-state index in [1.165, 1.54) is 5.56 Å². The summed E-state index contributed by atoms with van der Waals surface area (Å²) in [5.74, 6) is 0. The van der Waals surface area contributed by atoms with Crippen molar-refractivity contribution in [2.75, 3.05) is 13.1 Å². The van der Waals surface area contributed by atoms with Gasteiger partial charge in [-0.05, 0) is 5.56 Å². The molecule has 0 unspecified atom stereocenters. The third kappa shape index (κ3) is 1.59. The van der Waals surface area contributed by atoms with Gasteiger partial charge in [-0.2, -0.15) is 0 Å². The van der Waals surface area contributed by atoms with Crippen LogP contribution in [0.2, 0.25) is 0 Å². The van der Waals surface area contributed by atoms with E-state index in [1.54, 1.807) is 0 Å². The van der Waals surface area contributed by atoms with Crippen molar-refractivity contribution in [1.82, 2.24) is 4.90 Å². The molecule has 2 heteroatoms. The summed E-state index contributed by atoms with van der Waals surface area (Å²) in [5, 5.41) is 0. The zero-order chi connectivity index (χ0) is 9.97. The Bertz CT molecular complexity index is 307. The highest BCUT2D eigenvalue weighted by atomic mass is 15.3. The van der Waals surface area contributed by atoms with Crippen molar-refractivity contribution in [3.05, 3.63) is 48.6 Å². The number of nitrogens with zero attached hydrogens (tertiary/aromatic N) is 1. The van der Waals surface area contributed by atoms with E-state index in [0.29, 0.717) is 6.04 Å². The van der Waals surface area contributed by atoms with E-state index in [1.807, 2.05) is 12.1 Å². The first-order valence-corrected chi connectivity index (χ1v) is 4.98. The van der Waals surface area contributed by atoms with Crippen LogP contribution in [0.1, 0.15) is 11.6 Å². The summed E-state index contributed by atoms with van der Waals surface area (Å²) >= 11 is 0. The van der Waals surface area contributed by atoms with E-state index in [4.69, 9.17) is 5.73 Å². The summed E-state index contributed by atoms with van der Waals surface area (Å²) in [4.78, 5) is 2.34. The highest BCUT2D eigenvalue weighted by molar-refractivity contribution is 5.24. The zero-order valence-corrected chi connectivity index (χ0v) is 8.26. The smallest absolute Gasteiger partial charge is 0.0515 e. The molecule has 14 heavy (non-hydrogen) atoms. The Morgan fingerprint density at radius 1 is 1.43 bits per heavy atom. The molecule has 0 radical (unpaired) electrons. The molecule has 1 saturated heterocycles. The Labute approximate surface area is 85.0 Å². The Morgan fingerprint density at radius 2 is 2.14 bits per heavy atom. The molecule has 2 atom stereocenters. The first kappa shape index (κ1) is 9.44. The second kappa shape index (κ2) is 3.95. The largest absolute Gasteiger partial charge is 0.325 e. The number of hydrogen-bond acceptors (Lipinski definition) is 2. The van der Waals surface area contributed by atoms with Crippen molar-refractivity contribution in [1.29, 1.82) is 0 Å². The maximum atomic E-state index is 6.00. The number of benzene rings is 1. The quantitative estimate of drug-likeness (QED) is 0.729. The Kier molecular flexibility index (Phi) is 2.66. The van der Waals surface area contributed by atoms with Crippen LogP contribution in [0.15, 0.2) is 43.0 Å². The Hall–Kier alpha value is -1.12. The van der Waals surface area contributed by atoms with Crippen LogP contribution in [0, 0.1) is 0 Å². The fourth-order valence-corrected chi connectivity index (χ4v) is 2.08. The standard InChI is InChI=1S/C12H16N2/c1-2-8-14-9-11(13)12(14)10-6-4-3-5-7-10/h2-7,11-12H,1,8-9,13H2/t11-,12+/m1/s1. The molecule has 0 saturated carbocycles. The molecular weight excluding hydrogens is 172 g/mol. The van der Waals surface area contributed by atoms with E-state index in [9.17, 15) is 0 Å². The minimum Gasteiger partial charge on any atom is -0.325 e. The normalized spacial score (nSPS) is 26.9. The van der Waals surface area contributed by atoms with Crippen molar-refractivity contribution in [2.45, 2.75) is 12.1 Å². The first-order valence-electron chi connectivity index (χ1n) is 4.98. The summed E-state index contributed by atoms with van der Waals surface area (Å²) in [6.45, 7) is 5.65. The summed E-state index contributed by atoms with van der Waals surface area (Å²) in [5.41, 5.74) is 7.31. The molecule has 2 N–H and O–H groups in total. The molecule has 74 valence electrons. The summed E-state index contributed by atoms with van der Waals surface area (Å²) in [6, 6.07) is 11.1. The van der Waals surface area contributed by atoms with E-state index in [-0.39, 0.29) is 6.04 Å². The van der Waals surface area contributed by atoms with Gasteiger partial charge in [-0.3, -0.25) is 4.90 Å². The van der Waals surface area contributed by atoms with Gasteiger partial charge in [0.1, 0.15) is 0 Å². The molecule has 1 aliphatic rings. The maximum absolute atomic E-state index is 6.00. The molecule has 0 bridgehead atoms. The molecule has 1 aromatic rings. The second-order valence-electron chi connectivity index (χ2n) is 3.76. The Morgan fingerprint density at radius 3 is 2.71 bits per heavy atom. The van der Waals surface area contributed by atoms with Gasteiger partial charge in [-0.25, -0.2) is 0 Å². The molecular formula is C12H16N2. The van der Waals surface area contributed by atoms with Crippen LogP contribution in [0.25, 0.3) is 0 Å². The molecule has 0 amide bonds. The molecule has 2 nitrogen and oxygen atoms in total. The van der Waals surface area contributed by atoms with E-state index >= 15 is 0 Å². The molecule has 1 heterocycles. The Balaban J connectivity index is 2.13. The van der Waals surface area contributed by atoms with Gasteiger partial charge in [0.15, 0.2) is 0 Å². The highest BCUT2D eigenvalue weighted by Gasteiger charge is 2.36. The SMILES string of the molecule is C=CCN1C[C@@H](N)[C@@H]1c1ccccc1. The average molecular weight is 188 g/mol. The van der Waals surface area contributed by atoms with Gasteiger partial charge in [0.05, 0.1) is 6.04 Å². The lowest BCUT2D eigenvalue weighted by Crippen LogP contribution is -2.57. The van der Waals surface area contributed by atoms with Gasteiger partial charge in [-0.1, -0.05) is 36.4 Å². The first-order chi connectivity index (χ1) is 6.83. The molecule has 0 aliphatic carbocycles. The molecule has 0 spiro atoms. The van der Waals surface area contributed by atoms with Crippen LogP contribution in [0.5, 0.6) is 0 Å².